The normalized spacial score (nSPS) is 19.4. The van der Waals surface area contributed by atoms with Crippen molar-refractivity contribution in [1.82, 2.24) is 15.2 Å². The Hall–Kier alpha value is -3.17. The lowest BCUT2D eigenvalue weighted by Gasteiger charge is -2.49. The number of nitrogen functional groups attached to an aromatic ring is 1. The minimum absolute atomic E-state index is 0.0125. The number of aromatic nitrogens is 1. The first kappa shape index (κ1) is 27.4. The molecule has 2 amide bonds. The first-order valence-electron chi connectivity index (χ1n) is 11.0. The van der Waals surface area contributed by atoms with Gasteiger partial charge in [-0.3, -0.25) is 19.3 Å². The average molecular weight is 542 g/mol. The van der Waals surface area contributed by atoms with Crippen molar-refractivity contribution in [1.29, 1.82) is 0 Å². The molecule has 1 aromatic heterocycles. The van der Waals surface area contributed by atoms with Crippen LogP contribution in [0.4, 0.5) is 5.13 Å². The Balaban J connectivity index is 1.65. The number of unbranched alkanes of at least 4 members (excludes halogenated alkanes) is 2. The van der Waals surface area contributed by atoms with Crippen LogP contribution in [0, 0.1) is 0 Å². The second kappa shape index (κ2) is 12.7. The summed E-state index contributed by atoms with van der Waals surface area (Å²) in [5, 5.41) is 15.8. The van der Waals surface area contributed by atoms with E-state index in [0.717, 1.165) is 24.2 Å². The van der Waals surface area contributed by atoms with Crippen LogP contribution in [0.1, 0.15) is 38.3 Å². The van der Waals surface area contributed by atoms with Gasteiger partial charge >= 0.3 is 11.9 Å². The number of thioether (sulfide) groups is 1. The van der Waals surface area contributed by atoms with Crippen LogP contribution in [0.15, 0.2) is 21.8 Å². The molecule has 0 bridgehead atoms. The number of hydrogen-bond acceptors (Lipinski definition) is 13. The van der Waals surface area contributed by atoms with Crippen molar-refractivity contribution in [3.05, 3.63) is 22.3 Å². The topological polar surface area (TPSA) is 183 Å². The predicted octanol–water partition coefficient (Wildman–Crippen LogP) is 0.828. The fourth-order valence-corrected chi connectivity index (χ4v) is 5.46. The van der Waals surface area contributed by atoms with E-state index >= 15 is 0 Å². The molecule has 0 saturated carbocycles. The van der Waals surface area contributed by atoms with Gasteiger partial charge in [0, 0.05) is 24.7 Å². The number of methoxy groups -OCH3 is 1. The Morgan fingerprint density at radius 1 is 1.33 bits per heavy atom. The molecule has 0 aliphatic carbocycles. The number of nitrogens with one attached hydrogen (secondary N) is 1. The fourth-order valence-electron chi connectivity index (χ4n) is 3.58. The zero-order valence-electron chi connectivity index (χ0n) is 19.7. The highest BCUT2D eigenvalue weighted by atomic mass is 32.2. The van der Waals surface area contributed by atoms with Gasteiger partial charge in [-0.1, -0.05) is 24.9 Å². The molecule has 2 aliphatic heterocycles. The number of β-lactam (4-membered cyclic amide) rings is 1. The smallest absolute Gasteiger partial charge is 0.358 e. The Bertz CT molecular complexity index is 1070. The van der Waals surface area contributed by atoms with Crippen molar-refractivity contribution in [2.75, 3.05) is 32.0 Å². The lowest BCUT2D eigenvalue weighted by Crippen LogP contribution is -2.71. The summed E-state index contributed by atoms with van der Waals surface area (Å²) in [4.78, 5) is 55.4. The lowest BCUT2D eigenvalue weighted by molar-refractivity contribution is -0.168. The monoisotopic (exact) mass is 541 g/mol. The summed E-state index contributed by atoms with van der Waals surface area (Å²) in [5.74, 6) is -2.38. The van der Waals surface area contributed by atoms with Crippen molar-refractivity contribution in [2.24, 2.45) is 5.16 Å². The maximum Gasteiger partial charge on any atom is 0.358 e. The number of hydrogen-bond donors (Lipinski definition) is 3. The van der Waals surface area contributed by atoms with Gasteiger partial charge in [0.25, 0.3) is 11.8 Å². The van der Waals surface area contributed by atoms with Gasteiger partial charge in [0.15, 0.2) is 10.8 Å². The zero-order valence-corrected chi connectivity index (χ0v) is 21.4. The van der Waals surface area contributed by atoms with E-state index in [-0.39, 0.29) is 29.6 Å². The second-order valence-electron chi connectivity index (χ2n) is 7.79. The third-order valence-corrected chi connectivity index (χ3v) is 7.33. The van der Waals surface area contributed by atoms with E-state index in [1.54, 1.807) is 0 Å². The number of carbonyl (C=O) groups is 4. The highest BCUT2D eigenvalue weighted by Gasteiger charge is 2.54. The van der Waals surface area contributed by atoms with Crippen LogP contribution >= 0.6 is 23.1 Å². The molecule has 3 rings (SSSR count). The van der Waals surface area contributed by atoms with Gasteiger partial charge < -0.3 is 30.5 Å². The van der Waals surface area contributed by atoms with Crippen molar-refractivity contribution >= 4 is 57.7 Å². The van der Waals surface area contributed by atoms with Gasteiger partial charge in [0.2, 0.25) is 6.79 Å². The average Bonchev–Trinajstić information content (AvgIpc) is 3.28. The molecular formula is C21H27N5O8S2. The molecule has 1 unspecified atom stereocenters. The van der Waals surface area contributed by atoms with Crippen LogP contribution in [-0.4, -0.2) is 82.2 Å². The number of esters is 2. The van der Waals surface area contributed by atoms with E-state index in [0.29, 0.717) is 17.7 Å². The van der Waals surface area contributed by atoms with Gasteiger partial charge in [0.05, 0.1) is 6.61 Å². The van der Waals surface area contributed by atoms with E-state index in [9.17, 15) is 24.4 Å². The van der Waals surface area contributed by atoms with Crippen molar-refractivity contribution in [2.45, 2.75) is 44.0 Å². The Morgan fingerprint density at radius 2 is 2.11 bits per heavy atom. The number of amides is 2. The number of nitrogens with two attached hydrogens (primary N) is 1. The molecular weight excluding hydrogens is 514 g/mol. The van der Waals surface area contributed by atoms with Crippen LogP contribution in [0.2, 0.25) is 0 Å². The van der Waals surface area contributed by atoms with Crippen molar-refractivity contribution in [3.8, 4) is 0 Å². The van der Waals surface area contributed by atoms with E-state index < -0.39 is 47.7 Å². The third kappa shape index (κ3) is 6.14. The third-order valence-electron chi connectivity index (χ3n) is 5.32. The quantitative estimate of drug-likeness (QED) is 0.0648. The molecule has 0 radical (unpaired) electrons. The van der Waals surface area contributed by atoms with Gasteiger partial charge in [-0.25, -0.2) is 9.78 Å². The number of ether oxygens (including phenoxy) is 3. The van der Waals surface area contributed by atoms with Crippen LogP contribution in [-0.2, 0) is 33.4 Å². The maximum absolute atomic E-state index is 13.0. The second-order valence-corrected chi connectivity index (χ2v) is 9.78. The van der Waals surface area contributed by atoms with E-state index in [4.69, 9.17) is 19.9 Å². The van der Waals surface area contributed by atoms with Crippen LogP contribution in [0.3, 0.4) is 0 Å². The molecule has 15 heteroatoms. The molecule has 4 N–H and O–H groups in total. The maximum atomic E-state index is 13.0. The zero-order chi connectivity index (χ0) is 26.2. The molecule has 13 nitrogen and oxygen atoms in total. The molecule has 36 heavy (non-hydrogen) atoms. The molecule has 1 fully saturated rings. The van der Waals surface area contributed by atoms with Crippen molar-refractivity contribution < 1.29 is 38.6 Å². The van der Waals surface area contributed by atoms with Gasteiger partial charge in [-0.05, 0) is 12.0 Å². The van der Waals surface area contributed by atoms with Gasteiger partial charge in [-0.2, -0.15) is 0 Å². The van der Waals surface area contributed by atoms with Crippen LogP contribution in [0.5, 0.6) is 0 Å². The van der Waals surface area contributed by atoms with Crippen LogP contribution in [0.25, 0.3) is 0 Å². The Kier molecular flexibility index (Phi) is 9.66. The summed E-state index contributed by atoms with van der Waals surface area (Å²) in [6, 6.07) is -0.987. The number of rotatable bonds is 12. The standard InChI is InChI=1S/C21H27N5O8S2/c1-3-4-5-6-13(27)33-10-34-20(30)16-11(7-32-2)8-35-19-15(18(29)26(16)19)24-17(28)14(25-31)12-9-36-21(22)23-12/h9,15,19,31H,3-8,10H2,1-2H3,(H2,22,23)(H,24,28)/t15?,19-/m1/s1. The minimum Gasteiger partial charge on any atom is -0.428 e. The fraction of sp³-hybridized carbons (Fsp3) is 0.524. The number of anilines is 1. The molecule has 2 aliphatic rings. The summed E-state index contributed by atoms with van der Waals surface area (Å²) >= 11 is 2.38. The number of thiazole rings is 1. The van der Waals surface area contributed by atoms with Crippen molar-refractivity contribution in [3.63, 3.8) is 0 Å². The molecule has 2 atom stereocenters. The summed E-state index contributed by atoms with van der Waals surface area (Å²) in [6.45, 7) is 1.51. The first-order chi connectivity index (χ1) is 17.3. The number of fused-ring (bicyclic) bond motifs is 1. The van der Waals surface area contributed by atoms with E-state index in [1.807, 2.05) is 6.92 Å². The molecule has 196 valence electrons. The van der Waals surface area contributed by atoms with Gasteiger partial charge in [0.1, 0.15) is 22.8 Å². The van der Waals surface area contributed by atoms with Crippen LogP contribution < -0.4 is 11.1 Å². The lowest BCUT2D eigenvalue weighted by atomic mass is 10.0. The summed E-state index contributed by atoms with van der Waals surface area (Å²) in [6.07, 6.45) is 2.75. The molecule has 3 heterocycles. The Labute approximate surface area is 215 Å². The Morgan fingerprint density at radius 3 is 2.75 bits per heavy atom. The molecule has 0 aromatic carbocycles. The number of oxime groups is 1. The molecule has 0 spiro atoms. The molecule has 1 saturated heterocycles. The SMILES string of the molecule is CCCCCC(=O)OCOC(=O)C1=C(COC)CS[C@@H]2C(NC(=O)C(=NO)c3csc(N)n3)C(=O)N12. The summed E-state index contributed by atoms with van der Waals surface area (Å²) < 4.78 is 15.2. The predicted molar refractivity (Wildman–Crippen MR) is 130 cm³/mol. The van der Waals surface area contributed by atoms with Gasteiger partial charge in [-0.15, -0.1) is 23.1 Å². The minimum atomic E-state index is -0.987. The number of carbonyl (C=O) groups excluding carboxylic acids is 4. The highest BCUT2D eigenvalue weighted by molar-refractivity contribution is 8.00. The van der Waals surface area contributed by atoms with E-state index in [2.05, 4.69) is 15.5 Å². The molecule has 1 aromatic rings. The largest absolute Gasteiger partial charge is 0.428 e. The highest BCUT2D eigenvalue weighted by Crippen LogP contribution is 2.40. The van der Waals surface area contributed by atoms with E-state index in [1.165, 1.54) is 29.2 Å². The number of nitrogens with zero attached hydrogens (tertiary/aromatic N) is 3. The summed E-state index contributed by atoms with van der Waals surface area (Å²) in [7, 11) is 1.45. The first-order valence-corrected chi connectivity index (χ1v) is 13.0. The summed E-state index contributed by atoms with van der Waals surface area (Å²) in [5.41, 5.74) is 5.74.